The number of rotatable bonds is 14. The molecule has 0 saturated heterocycles. The smallest absolute Gasteiger partial charge is 0.303 e. The van der Waals surface area contributed by atoms with Crippen molar-refractivity contribution in [2.45, 2.75) is 95.0 Å². The lowest BCUT2D eigenvalue weighted by Crippen LogP contribution is -2.34. The Bertz CT molecular complexity index is 493. The molecular formula is C21H36O5S. The molecule has 0 spiro atoms. The molecule has 3 N–H and O–H groups in total. The van der Waals surface area contributed by atoms with Crippen LogP contribution in [0.15, 0.2) is 12.2 Å². The van der Waals surface area contributed by atoms with Gasteiger partial charge in [0.1, 0.15) is 5.78 Å². The molecule has 6 heteroatoms. The monoisotopic (exact) mass is 400 g/mol. The van der Waals surface area contributed by atoms with E-state index in [-0.39, 0.29) is 29.8 Å². The molecule has 1 aliphatic carbocycles. The van der Waals surface area contributed by atoms with Crippen LogP contribution in [0.2, 0.25) is 0 Å². The number of carboxylic acid groups (broad SMARTS) is 1. The number of Topliss-reactive ketones (excluding diaryl/α,β-unsaturated/α-hetero) is 1. The van der Waals surface area contributed by atoms with Gasteiger partial charge in [-0.15, -0.1) is 0 Å². The highest BCUT2D eigenvalue weighted by Crippen LogP contribution is 2.38. The third kappa shape index (κ3) is 8.79. The summed E-state index contributed by atoms with van der Waals surface area (Å²) in [7, 11) is 0. The van der Waals surface area contributed by atoms with Gasteiger partial charge in [-0.25, -0.2) is 0 Å². The molecule has 0 amide bonds. The van der Waals surface area contributed by atoms with Crippen LogP contribution in [-0.4, -0.2) is 49.8 Å². The van der Waals surface area contributed by atoms with E-state index < -0.39 is 17.7 Å². The number of carbonyl (C=O) groups is 2. The Hall–Kier alpha value is -0.850. The van der Waals surface area contributed by atoms with Crippen molar-refractivity contribution < 1.29 is 24.9 Å². The van der Waals surface area contributed by atoms with Crippen molar-refractivity contribution in [3.05, 3.63) is 12.2 Å². The highest BCUT2D eigenvalue weighted by molar-refractivity contribution is 8.00. The lowest BCUT2D eigenvalue weighted by Gasteiger charge is -2.29. The predicted molar refractivity (Wildman–Crippen MR) is 110 cm³/mol. The first-order valence-electron chi connectivity index (χ1n) is 10.2. The second-order valence-electron chi connectivity index (χ2n) is 7.65. The van der Waals surface area contributed by atoms with Gasteiger partial charge in [-0.2, -0.15) is 11.8 Å². The van der Waals surface area contributed by atoms with Crippen LogP contribution in [0.1, 0.15) is 78.1 Å². The molecular weight excluding hydrogens is 364 g/mol. The molecule has 1 aliphatic rings. The van der Waals surface area contributed by atoms with Gasteiger partial charge in [-0.3, -0.25) is 9.59 Å². The summed E-state index contributed by atoms with van der Waals surface area (Å²) >= 11 is 1.53. The number of aliphatic hydroxyl groups excluding tert-OH is 1. The first kappa shape index (κ1) is 24.2. The Morgan fingerprint density at radius 1 is 1.26 bits per heavy atom. The second kappa shape index (κ2) is 12.6. The topological polar surface area (TPSA) is 94.8 Å². The summed E-state index contributed by atoms with van der Waals surface area (Å²) < 4.78 is 0. The zero-order valence-electron chi connectivity index (χ0n) is 16.7. The number of allylic oxidation sites excluding steroid dienone is 2. The van der Waals surface area contributed by atoms with Crippen molar-refractivity contribution in [3.63, 3.8) is 0 Å². The average molecular weight is 401 g/mol. The molecule has 5 nitrogen and oxygen atoms in total. The minimum absolute atomic E-state index is 0.0845. The van der Waals surface area contributed by atoms with Crippen molar-refractivity contribution in [2.75, 3.05) is 5.75 Å². The van der Waals surface area contributed by atoms with Gasteiger partial charge in [-0.1, -0.05) is 45.3 Å². The number of thioether (sulfide) groups is 1. The van der Waals surface area contributed by atoms with Crippen molar-refractivity contribution in [2.24, 2.45) is 5.92 Å². The summed E-state index contributed by atoms with van der Waals surface area (Å²) in [5, 5.41) is 29.6. The molecule has 0 bridgehead atoms. The summed E-state index contributed by atoms with van der Waals surface area (Å²) in [4.78, 5) is 22.8. The van der Waals surface area contributed by atoms with E-state index in [9.17, 15) is 19.8 Å². The number of aliphatic hydroxyl groups is 2. The Labute approximate surface area is 167 Å². The molecule has 0 heterocycles. The first-order valence-corrected chi connectivity index (χ1v) is 11.3. The SMILES string of the molecule is CCCCCC(O)(CC)CS[C@H]1C(O)CC(=O)[C@@H]1CC=CCCCC(=O)O. The van der Waals surface area contributed by atoms with Gasteiger partial charge in [0.2, 0.25) is 0 Å². The van der Waals surface area contributed by atoms with Gasteiger partial charge in [0, 0.05) is 29.8 Å². The van der Waals surface area contributed by atoms with Crippen LogP contribution in [-0.2, 0) is 9.59 Å². The fraction of sp³-hybridized carbons (Fsp3) is 0.810. The number of aliphatic carboxylic acids is 1. The summed E-state index contributed by atoms with van der Waals surface area (Å²) in [5.74, 6) is -0.392. The number of ketones is 1. The Balaban J connectivity index is 2.53. The van der Waals surface area contributed by atoms with E-state index in [2.05, 4.69) is 6.92 Å². The maximum atomic E-state index is 12.3. The van der Waals surface area contributed by atoms with Gasteiger partial charge < -0.3 is 15.3 Å². The molecule has 4 atom stereocenters. The maximum Gasteiger partial charge on any atom is 0.303 e. The quantitative estimate of drug-likeness (QED) is 0.302. The van der Waals surface area contributed by atoms with Crippen molar-refractivity contribution in [1.82, 2.24) is 0 Å². The molecule has 156 valence electrons. The van der Waals surface area contributed by atoms with Crippen LogP contribution in [0.25, 0.3) is 0 Å². The predicted octanol–water partition coefficient (Wildman–Crippen LogP) is 3.96. The number of unbranched alkanes of at least 4 members (excludes halogenated alkanes) is 3. The van der Waals surface area contributed by atoms with E-state index in [0.29, 0.717) is 31.4 Å². The summed E-state index contributed by atoms with van der Waals surface area (Å²) in [5.41, 5.74) is -0.734. The molecule has 1 fully saturated rings. The van der Waals surface area contributed by atoms with Gasteiger partial charge >= 0.3 is 5.97 Å². The fourth-order valence-corrected chi connectivity index (χ4v) is 5.12. The maximum absolute atomic E-state index is 12.3. The van der Waals surface area contributed by atoms with E-state index in [1.807, 2.05) is 19.1 Å². The van der Waals surface area contributed by atoms with E-state index in [1.54, 1.807) is 0 Å². The van der Waals surface area contributed by atoms with Crippen molar-refractivity contribution in [1.29, 1.82) is 0 Å². The Kier molecular flexibility index (Phi) is 11.3. The highest BCUT2D eigenvalue weighted by Gasteiger charge is 2.42. The van der Waals surface area contributed by atoms with E-state index in [0.717, 1.165) is 25.7 Å². The standard InChI is InChI=1S/C21H36O5S/c1-3-5-10-13-21(26,4-2)15-27-20-16(17(22)14-18(20)23)11-8-6-7-9-12-19(24)25/h6,8,16,18,20,23,26H,3-5,7,9-15H2,1-2H3,(H,24,25)/t16-,18?,20+,21?/m0/s1. The largest absolute Gasteiger partial charge is 0.481 e. The lowest BCUT2D eigenvalue weighted by atomic mass is 9.95. The van der Waals surface area contributed by atoms with E-state index >= 15 is 0 Å². The molecule has 0 radical (unpaired) electrons. The summed E-state index contributed by atoms with van der Waals surface area (Å²) in [6.45, 7) is 4.13. The normalized spacial score (nSPS) is 25.2. The first-order chi connectivity index (χ1) is 12.8. The molecule has 1 saturated carbocycles. The second-order valence-corrected chi connectivity index (χ2v) is 8.81. The average Bonchev–Trinajstić information content (AvgIpc) is 2.89. The Morgan fingerprint density at radius 3 is 2.63 bits per heavy atom. The van der Waals surface area contributed by atoms with Crippen molar-refractivity contribution >= 4 is 23.5 Å². The van der Waals surface area contributed by atoms with Crippen molar-refractivity contribution in [3.8, 4) is 0 Å². The molecule has 27 heavy (non-hydrogen) atoms. The van der Waals surface area contributed by atoms with Crippen LogP contribution >= 0.6 is 11.8 Å². The third-order valence-corrected chi connectivity index (χ3v) is 7.10. The summed E-state index contributed by atoms with van der Waals surface area (Å²) in [6.07, 6.45) is 10.0. The van der Waals surface area contributed by atoms with Crippen LogP contribution in [0.5, 0.6) is 0 Å². The minimum atomic E-state index is -0.795. The van der Waals surface area contributed by atoms with Gasteiger partial charge in [0.15, 0.2) is 0 Å². The van der Waals surface area contributed by atoms with Gasteiger partial charge in [0.05, 0.1) is 11.7 Å². The zero-order valence-corrected chi connectivity index (χ0v) is 17.5. The van der Waals surface area contributed by atoms with Crippen LogP contribution < -0.4 is 0 Å². The fourth-order valence-electron chi connectivity index (χ4n) is 3.46. The molecule has 0 aromatic carbocycles. The zero-order chi connectivity index (χ0) is 20.3. The Morgan fingerprint density at radius 2 is 2.00 bits per heavy atom. The molecule has 0 aromatic rings. The number of hydrogen-bond acceptors (Lipinski definition) is 5. The summed E-state index contributed by atoms with van der Waals surface area (Å²) in [6, 6.07) is 0. The lowest BCUT2D eigenvalue weighted by molar-refractivity contribution is -0.137. The van der Waals surface area contributed by atoms with Crippen LogP contribution in [0, 0.1) is 5.92 Å². The number of carboxylic acids is 1. The van der Waals surface area contributed by atoms with Gasteiger partial charge in [0.25, 0.3) is 0 Å². The van der Waals surface area contributed by atoms with Crippen LogP contribution in [0.3, 0.4) is 0 Å². The molecule has 2 unspecified atom stereocenters. The molecule has 0 aliphatic heterocycles. The highest BCUT2D eigenvalue weighted by atomic mass is 32.2. The number of hydrogen-bond donors (Lipinski definition) is 3. The molecule has 1 rings (SSSR count). The minimum Gasteiger partial charge on any atom is -0.481 e. The van der Waals surface area contributed by atoms with Gasteiger partial charge in [-0.05, 0) is 32.1 Å². The van der Waals surface area contributed by atoms with Crippen LogP contribution in [0.4, 0.5) is 0 Å². The van der Waals surface area contributed by atoms with E-state index in [1.165, 1.54) is 11.8 Å². The number of carbonyl (C=O) groups excluding carboxylic acids is 1. The van der Waals surface area contributed by atoms with E-state index in [4.69, 9.17) is 5.11 Å². The third-order valence-electron chi connectivity index (χ3n) is 5.37. The molecule has 0 aromatic heterocycles.